The topological polar surface area (TPSA) is 55.8 Å². The van der Waals surface area contributed by atoms with Crippen molar-refractivity contribution in [3.63, 3.8) is 0 Å². The first-order valence-electron chi connectivity index (χ1n) is 6.92. The molecule has 5 heteroatoms. The third-order valence-corrected chi connectivity index (χ3v) is 2.68. The van der Waals surface area contributed by atoms with Crippen LogP contribution in [0.25, 0.3) is 6.08 Å². The molecule has 0 saturated carbocycles. The number of esters is 1. The molecule has 114 valence electrons. The smallest absolute Gasteiger partial charge is 0.330 e. The number of amides is 1. The highest BCUT2D eigenvalue weighted by Gasteiger charge is 2.09. The van der Waals surface area contributed by atoms with E-state index in [1.165, 1.54) is 11.0 Å². The van der Waals surface area contributed by atoms with E-state index in [4.69, 9.17) is 9.47 Å². The SMILES string of the molecule is CCCOc1ccc(/C=C/C(=O)OCC)cc1N(C)C=O. The Balaban J connectivity index is 2.98. The van der Waals surface area contributed by atoms with Gasteiger partial charge in [-0.2, -0.15) is 0 Å². The Bertz CT molecular complexity index is 511. The van der Waals surface area contributed by atoms with Crippen molar-refractivity contribution < 1.29 is 19.1 Å². The zero-order valence-corrected chi connectivity index (χ0v) is 12.7. The summed E-state index contributed by atoms with van der Waals surface area (Å²) in [5.41, 5.74) is 1.44. The van der Waals surface area contributed by atoms with Gasteiger partial charge < -0.3 is 14.4 Å². The lowest BCUT2D eigenvalue weighted by Crippen LogP contribution is -2.15. The summed E-state index contributed by atoms with van der Waals surface area (Å²) < 4.78 is 10.4. The van der Waals surface area contributed by atoms with Crippen molar-refractivity contribution in [1.82, 2.24) is 0 Å². The molecule has 1 aromatic carbocycles. The summed E-state index contributed by atoms with van der Waals surface area (Å²) in [6.45, 7) is 4.69. The third kappa shape index (κ3) is 5.30. The van der Waals surface area contributed by atoms with E-state index in [-0.39, 0.29) is 0 Å². The number of anilines is 1. The van der Waals surface area contributed by atoms with Crippen LogP contribution in [0.4, 0.5) is 5.69 Å². The Hall–Kier alpha value is -2.30. The molecule has 0 aromatic heterocycles. The van der Waals surface area contributed by atoms with Crippen LogP contribution in [0.1, 0.15) is 25.8 Å². The zero-order chi connectivity index (χ0) is 15.7. The van der Waals surface area contributed by atoms with Crippen LogP contribution < -0.4 is 9.64 Å². The van der Waals surface area contributed by atoms with Crippen molar-refractivity contribution in [2.75, 3.05) is 25.2 Å². The maximum atomic E-state index is 11.3. The number of carbonyl (C=O) groups is 2. The Kier molecular flexibility index (Phi) is 7.01. The number of carbonyl (C=O) groups excluding carboxylic acids is 2. The molecule has 5 nitrogen and oxygen atoms in total. The molecule has 1 rings (SSSR count). The molecule has 0 fully saturated rings. The molecule has 0 aliphatic carbocycles. The van der Waals surface area contributed by atoms with Crippen LogP contribution in [-0.4, -0.2) is 32.6 Å². The molecule has 0 atom stereocenters. The summed E-state index contributed by atoms with van der Waals surface area (Å²) in [6.07, 6.45) is 4.60. The minimum Gasteiger partial charge on any atom is -0.491 e. The molecule has 0 radical (unpaired) electrons. The van der Waals surface area contributed by atoms with Crippen molar-refractivity contribution in [3.8, 4) is 5.75 Å². The van der Waals surface area contributed by atoms with Gasteiger partial charge in [0.25, 0.3) is 0 Å². The highest BCUT2D eigenvalue weighted by Crippen LogP contribution is 2.29. The van der Waals surface area contributed by atoms with E-state index in [1.54, 1.807) is 32.2 Å². The fourth-order valence-electron chi connectivity index (χ4n) is 1.66. The van der Waals surface area contributed by atoms with E-state index in [2.05, 4.69) is 0 Å². The summed E-state index contributed by atoms with van der Waals surface area (Å²) in [7, 11) is 1.65. The number of rotatable bonds is 8. The monoisotopic (exact) mass is 291 g/mol. The second-order valence-electron chi connectivity index (χ2n) is 4.38. The van der Waals surface area contributed by atoms with Gasteiger partial charge in [0.15, 0.2) is 0 Å². The molecule has 1 amide bonds. The van der Waals surface area contributed by atoms with E-state index in [9.17, 15) is 9.59 Å². The fourth-order valence-corrected chi connectivity index (χ4v) is 1.66. The third-order valence-electron chi connectivity index (χ3n) is 2.68. The lowest BCUT2D eigenvalue weighted by molar-refractivity contribution is -0.137. The van der Waals surface area contributed by atoms with E-state index in [1.807, 2.05) is 13.0 Å². The van der Waals surface area contributed by atoms with Crippen LogP contribution in [0.15, 0.2) is 24.3 Å². The predicted octanol–water partition coefficient (Wildman–Crippen LogP) is 2.64. The van der Waals surface area contributed by atoms with Crippen molar-refractivity contribution in [3.05, 3.63) is 29.8 Å². The summed E-state index contributed by atoms with van der Waals surface area (Å²) in [5, 5.41) is 0. The maximum absolute atomic E-state index is 11.3. The van der Waals surface area contributed by atoms with Gasteiger partial charge in [-0.25, -0.2) is 4.79 Å². The fraction of sp³-hybridized carbons (Fsp3) is 0.375. The number of hydrogen-bond acceptors (Lipinski definition) is 4. The first-order valence-corrected chi connectivity index (χ1v) is 6.92. The first-order chi connectivity index (χ1) is 10.1. The van der Waals surface area contributed by atoms with Gasteiger partial charge in [-0.3, -0.25) is 4.79 Å². The van der Waals surface area contributed by atoms with Crippen molar-refractivity contribution in [2.24, 2.45) is 0 Å². The minimum absolute atomic E-state index is 0.339. The molecule has 0 spiro atoms. The number of nitrogens with zero attached hydrogens (tertiary/aromatic N) is 1. The second-order valence-corrected chi connectivity index (χ2v) is 4.38. The van der Waals surface area contributed by atoms with Crippen LogP contribution in [-0.2, 0) is 14.3 Å². The molecule has 0 aliphatic rings. The molecule has 1 aromatic rings. The van der Waals surface area contributed by atoms with Gasteiger partial charge in [0.05, 0.1) is 18.9 Å². The van der Waals surface area contributed by atoms with Gasteiger partial charge in [0.2, 0.25) is 6.41 Å². The Morgan fingerprint density at radius 1 is 1.33 bits per heavy atom. The zero-order valence-electron chi connectivity index (χ0n) is 12.7. The van der Waals surface area contributed by atoms with E-state index >= 15 is 0 Å². The molecule has 21 heavy (non-hydrogen) atoms. The first kappa shape index (κ1) is 16.8. The van der Waals surface area contributed by atoms with Crippen LogP contribution >= 0.6 is 0 Å². The Morgan fingerprint density at radius 2 is 2.10 bits per heavy atom. The molecule has 0 unspecified atom stereocenters. The number of benzene rings is 1. The Morgan fingerprint density at radius 3 is 2.71 bits per heavy atom. The molecule has 0 aliphatic heterocycles. The largest absolute Gasteiger partial charge is 0.491 e. The minimum atomic E-state index is -0.394. The van der Waals surface area contributed by atoms with Crippen LogP contribution in [0.2, 0.25) is 0 Å². The highest BCUT2D eigenvalue weighted by atomic mass is 16.5. The highest BCUT2D eigenvalue weighted by molar-refractivity contribution is 5.88. The number of ether oxygens (including phenoxy) is 2. The molecule has 0 saturated heterocycles. The molecule has 0 N–H and O–H groups in total. The number of hydrogen-bond donors (Lipinski definition) is 0. The standard InChI is InChI=1S/C16H21NO4/c1-4-10-21-15-8-6-13(7-9-16(19)20-5-2)11-14(15)17(3)12-18/h6-9,11-12H,4-5,10H2,1-3H3/b9-7+. The van der Waals surface area contributed by atoms with Gasteiger partial charge in [-0.05, 0) is 37.1 Å². The van der Waals surface area contributed by atoms with Crippen molar-refractivity contribution >= 4 is 24.1 Å². The van der Waals surface area contributed by atoms with Gasteiger partial charge >= 0.3 is 5.97 Å². The lowest BCUT2D eigenvalue weighted by Gasteiger charge is -2.17. The molecular formula is C16H21NO4. The summed E-state index contributed by atoms with van der Waals surface area (Å²) >= 11 is 0. The summed E-state index contributed by atoms with van der Waals surface area (Å²) in [4.78, 5) is 23.7. The second kappa shape index (κ2) is 8.79. The average molecular weight is 291 g/mol. The van der Waals surface area contributed by atoms with Crippen molar-refractivity contribution in [1.29, 1.82) is 0 Å². The van der Waals surface area contributed by atoms with E-state index in [0.717, 1.165) is 12.0 Å². The van der Waals surface area contributed by atoms with E-state index in [0.29, 0.717) is 31.1 Å². The van der Waals surface area contributed by atoms with E-state index < -0.39 is 5.97 Å². The van der Waals surface area contributed by atoms with Crippen molar-refractivity contribution in [2.45, 2.75) is 20.3 Å². The van der Waals surface area contributed by atoms with Crippen LogP contribution in [0, 0.1) is 0 Å². The van der Waals surface area contributed by atoms with Gasteiger partial charge in [0, 0.05) is 13.1 Å². The maximum Gasteiger partial charge on any atom is 0.330 e. The summed E-state index contributed by atoms with van der Waals surface area (Å²) in [6, 6.07) is 5.40. The van der Waals surface area contributed by atoms with Gasteiger partial charge in [0.1, 0.15) is 5.75 Å². The average Bonchev–Trinajstić information content (AvgIpc) is 2.50. The molecule has 0 bridgehead atoms. The van der Waals surface area contributed by atoms with Crippen LogP contribution in [0.5, 0.6) is 5.75 Å². The van der Waals surface area contributed by atoms with Crippen LogP contribution in [0.3, 0.4) is 0 Å². The molecular weight excluding hydrogens is 270 g/mol. The predicted molar refractivity (Wildman–Crippen MR) is 82.4 cm³/mol. The van der Waals surface area contributed by atoms with Gasteiger partial charge in [-0.1, -0.05) is 13.0 Å². The molecule has 0 heterocycles. The summed E-state index contributed by atoms with van der Waals surface area (Å²) in [5.74, 6) is 0.244. The van der Waals surface area contributed by atoms with Gasteiger partial charge in [-0.15, -0.1) is 0 Å². The normalized spacial score (nSPS) is 10.4. The Labute approximate surface area is 125 Å². The lowest BCUT2D eigenvalue weighted by atomic mass is 10.1. The quantitative estimate of drug-likeness (QED) is 0.420.